The molecule has 0 aliphatic carbocycles. The second-order valence-corrected chi connectivity index (χ2v) is 8.37. The lowest BCUT2D eigenvalue weighted by atomic mass is 10.0. The van der Waals surface area contributed by atoms with Gasteiger partial charge in [-0.25, -0.2) is 0 Å². The minimum absolute atomic E-state index is 0.184. The van der Waals surface area contributed by atoms with Gasteiger partial charge in [-0.1, -0.05) is 58.5 Å². The maximum Gasteiger partial charge on any atom is 0.232 e. The molecule has 0 saturated heterocycles. The van der Waals surface area contributed by atoms with Gasteiger partial charge in [-0.05, 0) is 54.5 Å². The third kappa shape index (κ3) is 4.17. The molecule has 0 radical (unpaired) electrons. The fraction of sp³-hybridized carbons (Fsp3) is 0.0870. The molecule has 0 amide bonds. The van der Waals surface area contributed by atoms with E-state index in [9.17, 15) is 4.79 Å². The monoisotopic (exact) mass is 478 g/mol. The molecule has 0 unspecified atom stereocenters. The number of ether oxygens (including phenoxy) is 2. The zero-order valence-corrected chi connectivity index (χ0v) is 18.7. The highest BCUT2D eigenvalue weighted by atomic mass is 35.5. The minimum atomic E-state index is -0.214. The van der Waals surface area contributed by atoms with Crippen LogP contribution in [0.1, 0.15) is 27.0 Å². The Balaban J connectivity index is 1.60. The molecule has 3 aromatic carbocycles. The van der Waals surface area contributed by atoms with E-state index in [1.165, 1.54) is 0 Å². The van der Waals surface area contributed by atoms with Crippen LogP contribution in [0.2, 0.25) is 20.1 Å². The van der Waals surface area contributed by atoms with Crippen LogP contribution in [0.5, 0.6) is 11.5 Å². The summed E-state index contributed by atoms with van der Waals surface area (Å²) in [5, 5.41) is 1.99. The van der Waals surface area contributed by atoms with Crippen molar-refractivity contribution in [3.8, 4) is 11.5 Å². The van der Waals surface area contributed by atoms with Crippen LogP contribution in [0.25, 0.3) is 6.08 Å². The molecule has 7 heteroatoms. The molecule has 0 atom stereocenters. The second kappa shape index (κ2) is 8.52. The molecule has 3 nitrogen and oxygen atoms in total. The Morgan fingerprint density at radius 3 is 2.40 bits per heavy atom. The number of benzene rings is 3. The normalized spacial score (nSPS) is 14.0. The number of Topliss-reactive ketones (excluding diaryl/α,β-unsaturated/α-hetero) is 1. The molecule has 3 aromatic rings. The van der Waals surface area contributed by atoms with Crippen molar-refractivity contribution in [2.24, 2.45) is 0 Å². The molecule has 0 bridgehead atoms. The average molecular weight is 480 g/mol. The highest BCUT2D eigenvalue weighted by Gasteiger charge is 2.30. The number of hydrogen-bond acceptors (Lipinski definition) is 3. The van der Waals surface area contributed by atoms with Crippen molar-refractivity contribution >= 4 is 58.3 Å². The highest BCUT2D eigenvalue weighted by molar-refractivity contribution is 6.36. The van der Waals surface area contributed by atoms with E-state index in [-0.39, 0.29) is 18.1 Å². The van der Waals surface area contributed by atoms with Crippen LogP contribution in [0.4, 0.5) is 0 Å². The molecule has 1 aliphatic rings. The quantitative estimate of drug-likeness (QED) is 0.358. The van der Waals surface area contributed by atoms with Crippen molar-refractivity contribution in [3.63, 3.8) is 0 Å². The van der Waals surface area contributed by atoms with Gasteiger partial charge in [-0.15, -0.1) is 0 Å². The summed E-state index contributed by atoms with van der Waals surface area (Å²) in [5.74, 6) is 0.940. The summed E-state index contributed by atoms with van der Waals surface area (Å²) in [6.07, 6.45) is 1.60. The first-order valence-electron chi connectivity index (χ1n) is 8.93. The van der Waals surface area contributed by atoms with Gasteiger partial charge in [-0.2, -0.15) is 0 Å². The number of rotatable bonds is 4. The summed E-state index contributed by atoms with van der Waals surface area (Å²) < 4.78 is 11.7. The van der Waals surface area contributed by atoms with Crippen molar-refractivity contribution in [1.29, 1.82) is 0 Å². The maximum absolute atomic E-state index is 12.8. The first-order chi connectivity index (χ1) is 14.3. The summed E-state index contributed by atoms with van der Waals surface area (Å²) in [7, 11) is 0. The lowest BCUT2D eigenvalue weighted by Gasteiger charge is -2.11. The fourth-order valence-electron chi connectivity index (χ4n) is 3.15. The van der Waals surface area contributed by atoms with Gasteiger partial charge in [-0.3, -0.25) is 4.79 Å². The molecule has 1 aliphatic heterocycles. The Morgan fingerprint density at radius 2 is 1.70 bits per heavy atom. The number of carbonyl (C=O) groups excluding carboxylic acids is 1. The molecule has 0 saturated carbocycles. The highest BCUT2D eigenvalue weighted by Crippen LogP contribution is 2.38. The first kappa shape index (κ1) is 21.1. The Labute approximate surface area is 193 Å². The predicted molar refractivity (Wildman–Crippen MR) is 121 cm³/mol. The van der Waals surface area contributed by atoms with Crippen LogP contribution >= 0.6 is 46.4 Å². The third-order valence-corrected chi connectivity index (χ3v) is 5.91. The summed E-state index contributed by atoms with van der Waals surface area (Å²) in [5.41, 5.74) is 2.56. The van der Waals surface area contributed by atoms with Crippen molar-refractivity contribution in [3.05, 3.63) is 96.6 Å². The third-order valence-electron chi connectivity index (χ3n) is 4.64. The van der Waals surface area contributed by atoms with Gasteiger partial charge in [0.05, 0.1) is 5.56 Å². The smallest absolute Gasteiger partial charge is 0.232 e. The lowest BCUT2D eigenvalue weighted by molar-refractivity contribution is 0.101. The zero-order chi connectivity index (χ0) is 21.4. The van der Waals surface area contributed by atoms with Gasteiger partial charge in [0.25, 0.3) is 0 Å². The van der Waals surface area contributed by atoms with E-state index >= 15 is 0 Å². The molecule has 30 heavy (non-hydrogen) atoms. The number of ketones is 1. The van der Waals surface area contributed by atoms with E-state index < -0.39 is 0 Å². The predicted octanol–water partition coefficient (Wildman–Crippen LogP) is 7.80. The number of fused-ring (bicyclic) bond motifs is 1. The largest absolute Gasteiger partial charge is 0.489 e. The van der Waals surface area contributed by atoms with Crippen LogP contribution in [-0.4, -0.2) is 5.78 Å². The standard InChI is InChI=1S/C23H14Cl4O3/c1-12-7-15(29-11-16-17(25)3-2-4-18(16)26)10-20-22(12)23(28)21(30-20)8-13-5-6-14(24)9-19(13)27/h2-10H,11H2,1H3/b21-8-. The van der Waals surface area contributed by atoms with Gasteiger partial charge in [0.15, 0.2) is 5.76 Å². The Kier molecular flexibility index (Phi) is 5.99. The van der Waals surface area contributed by atoms with Crippen LogP contribution in [0.15, 0.2) is 54.3 Å². The van der Waals surface area contributed by atoms with Gasteiger partial charge >= 0.3 is 0 Å². The van der Waals surface area contributed by atoms with Gasteiger partial charge in [0.2, 0.25) is 5.78 Å². The molecule has 0 aromatic heterocycles. The van der Waals surface area contributed by atoms with Crippen molar-refractivity contribution in [2.45, 2.75) is 13.5 Å². The van der Waals surface area contributed by atoms with Gasteiger partial charge < -0.3 is 9.47 Å². The van der Waals surface area contributed by atoms with E-state index in [2.05, 4.69) is 0 Å². The molecule has 0 N–H and O–H groups in total. The molecule has 0 fully saturated rings. The minimum Gasteiger partial charge on any atom is -0.489 e. The van der Waals surface area contributed by atoms with E-state index in [1.807, 2.05) is 6.92 Å². The Bertz CT molecular complexity index is 1180. The van der Waals surface area contributed by atoms with Crippen LogP contribution < -0.4 is 9.47 Å². The molecule has 1 heterocycles. The maximum atomic E-state index is 12.8. The second-order valence-electron chi connectivity index (χ2n) is 6.71. The first-order valence-corrected chi connectivity index (χ1v) is 10.4. The molecular formula is C23H14Cl4O3. The fourth-order valence-corrected chi connectivity index (χ4v) is 4.12. The SMILES string of the molecule is Cc1cc(OCc2c(Cl)cccc2Cl)cc2c1C(=O)/C(=C/c1ccc(Cl)cc1Cl)O2. The van der Waals surface area contributed by atoms with Crippen molar-refractivity contribution < 1.29 is 14.3 Å². The summed E-state index contributed by atoms with van der Waals surface area (Å²) in [6.45, 7) is 2.02. The number of halogens is 4. The van der Waals surface area contributed by atoms with Crippen LogP contribution in [0, 0.1) is 6.92 Å². The van der Waals surface area contributed by atoms with E-state index in [1.54, 1.807) is 54.6 Å². The van der Waals surface area contributed by atoms with Crippen LogP contribution in [-0.2, 0) is 6.61 Å². The lowest BCUT2D eigenvalue weighted by Crippen LogP contribution is -2.00. The zero-order valence-electron chi connectivity index (χ0n) is 15.6. The Hall–Kier alpha value is -2.17. The number of carbonyl (C=O) groups is 1. The van der Waals surface area contributed by atoms with Crippen molar-refractivity contribution in [2.75, 3.05) is 0 Å². The topological polar surface area (TPSA) is 35.5 Å². The van der Waals surface area contributed by atoms with Gasteiger partial charge in [0.1, 0.15) is 18.1 Å². The molecular weight excluding hydrogens is 466 g/mol. The van der Waals surface area contributed by atoms with E-state index in [0.29, 0.717) is 48.3 Å². The molecule has 0 spiro atoms. The summed E-state index contributed by atoms with van der Waals surface area (Å²) >= 11 is 24.5. The van der Waals surface area contributed by atoms with Crippen LogP contribution in [0.3, 0.4) is 0 Å². The number of allylic oxidation sites excluding steroid dienone is 1. The van der Waals surface area contributed by atoms with E-state index in [4.69, 9.17) is 55.9 Å². The number of aryl methyl sites for hydroxylation is 1. The van der Waals surface area contributed by atoms with Gasteiger partial charge in [0, 0.05) is 31.7 Å². The van der Waals surface area contributed by atoms with E-state index in [0.717, 1.165) is 5.56 Å². The Morgan fingerprint density at radius 1 is 0.967 bits per heavy atom. The summed E-state index contributed by atoms with van der Waals surface area (Å²) in [4.78, 5) is 12.8. The molecule has 152 valence electrons. The summed E-state index contributed by atoms with van der Waals surface area (Å²) in [6, 6.07) is 13.8. The van der Waals surface area contributed by atoms with Crippen molar-refractivity contribution in [1.82, 2.24) is 0 Å². The average Bonchev–Trinajstić information content (AvgIpc) is 2.99. The molecule has 4 rings (SSSR count). The number of hydrogen-bond donors (Lipinski definition) is 0.